The fourth-order valence-electron chi connectivity index (χ4n) is 1.42. The zero-order chi connectivity index (χ0) is 12.5. The van der Waals surface area contributed by atoms with Crippen LogP contribution in [0.1, 0.15) is 19.8 Å². The van der Waals surface area contributed by atoms with Crippen LogP contribution in [0.15, 0.2) is 0 Å². The third-order valence-corrected chi connectivity index (χ3v) is 2.41. The van der Waals surface area contributed by atoms with Gasteiger partial charge in [0.2, 0.25) is 0 Å². The molecule has 2 N–H and O–H groups in total. The Labute approximate surface area is 96.0 Å². The van der Waals surface area contributed by atoms with E-state index in [1.165, 1.54) is 37.0 Å². The molecule has 0 atom stereocenters. The van der Waals surface area contributed by atoms with Crippen LogP contribution in [0.4, 0.5) is 0 Å². The lowest BCUT2D eigenvalue weighted by Gasteiger charge is -2.26. The summed E-state index contributed by atoms with van der Waals surface area (Å²) in [4.78, 5) is 0. The minimum absolute atomic E-state index is 1.32. The van der Waals surface area contributed by atoms with Crippen LogP contribution < -0.4 is 0 Å². The Morgan fingerprint density at radius 1 is 1.20 bits per heavy atom. The predicted octanol–water partition coefficient (Wildman–Crippen LogP) is 0.258. The molecule has 0 aromatic carbocycles. The lowest BCUT2D eigenvalue weighted by atomic mass is 10.4. The third kappa shape index (κ3) is 13.9. The average molecular weight is 260 g/mol. The molecule has 1 heterocycles. The van der Waals surface area contributed by atoms with Crippen molar-refractivity contribution in [3.8, 4) is 0 Å². The van der Waals surface area contributed by atoms with E-state index < -0.39 is 10.4 Å². The summed E-state index contributed by atoms with van der Waals surface area (Å²) in [6, 6.07) is 0. The molecule has 0 saturated carbocycles. The smallest absolute Gasteiger partial charge is 0.326 e. The minimum Gasteiger partial charge on any atom is -0.326 e. The first-order valence-corrected chi connectivity index (χ1v) is 6.20. The van der Waals surface area contributed by atoms with E-state index in [2.05, 4.69) is 26.5 Å². The Morgan fingerprint density at radius 2 is 1.47 bits per heavy atom. The van der Waals surface area contributed by atoms with Crippen molar-refractivity contribution < 1.29 is 26.2 Å². The highest BCUT2D eigenvalue weighted by atomic mass is 32.3. The van der Waals surface area contributed by atoms with Gasteiger partial charge in [0.15, 0.2) is 12.5 Å². The van der Waals surface area contributed by atoms with Gasteiger partial charge in [0.1, 0.15) is 0 Å². The first-order valence-electron chi connectivity index (χ1n) is 4.47. The molecule has 1 rings (SSSR count). The molecule has 0 spiro atoms. The summed E-state index contributed by atoms with van der Waals surface area (Å²) in [5.74, 6) is 0. The van der Waals surface area contributed by atoms with E-state index in [1.54, 1.807) is 0 Å². The summed E-state index contributed by atoms with van der Waals surface area (Å²) in [7, 11) is -2.31. The monoisotopic (exact) mass is 260 g/mol. The van der Waals surface area contributed by atoms with E-state index in [4.69, 9.17) is 21.7 Å². The molecule has 0 aliphatic carbocycles. The maximum atomic E-state index is 8.74. The van der Waals surface area contributed by atoms with Gasteiger partial charge in [-0.05, 0) is 6.92 Å². The molecule has 0 unspecified atom stereocenters. The Hall–Kier alpha value is -0.150. The van der Waals surface area contributed by atoms with Gasteiger partial charge in [-0.1, -0.05) is 0 Å². The predicted molar refractivity (Wildman–Crippen MR) is 58.0 cm³/mol. The van der Waals surface area contributed by atoms with E-state index in [0.717, 1.165) is 0 Å². The molecule has 8 heteroatoms. The number of nitrogens with zero attached hydrogens (tertiary/aromatic N) is 1. The van der Waals surface area contributed by atoms with Crippen molar-refractivity contribution in [1.29, 1.82) is 0 Å². The van der Waals surface area contributed by atoms with Gasteiger partial charge >= 0.3 is 10.4 Å². The van der Waals surface area contributed by atoms with E-state index in [-0.39, 0.29) is 0 Å². The van der Waals surface area contributed by atoms with Gasteiger partial charge in [0.05, 0.1) is 26.7 Å². The molecule has 0 aromatic heterocycles. The lowest BCUT2D eigenvalue weighted by molar-refractivity contribution is -0.895. The highest BCUT2D eigenvalue weighted by Crippen LogP contribution is 2.14. The van der Waals surface area contributed by atoms with Crippen molar-refractivity contribution in [3.63, 3.8) is 0 Å². The van der Waals surface area contributed by atoms with Gasteiger partial charge in [-0.15, -0.1) is 0 Å². The summed E-state index contributed by atoms with van der Waals surface area (Å²) in [5, 5.41) is 0. The first-order chi connectivity index (χ1) is 6.77. The molecule has 0 amide bonds. The molecule has 92 valence electrons. The summed E-state index contributed by atoms with van der Waals surface area (Å²) >= 11 is 2.83. The maximum Gasteiger partial charge on any atom is 0.394 e. The molecule has 0 aromatic rings. The van der Waals surface area contributed by atoms with Crippen LogP contribution in [-0.4, -0.2) is 52.9 Å². The van der Waals surface area contributed by atoms with Crippen LogP contribution in [0, 0.1) is 0 Å². The van der Waals surface area contributed by atoms with Crippen LogP contribution in [0.5, 0.6) is 0 Å². The van der Waals surface area contributed by atoms with Crippen LogP contribution in [-0.2, 0) is 22.9 Å². The SMILES string of the molecule is CC[N+]1(C)CCCC1.O=S.O=S(=O)(O)O. The van der Waals surface area contributed by atoms with Crippen molar-refractivity contribution >= 4 is 22.9 Å². The summed E-state index contributed by atoms with van der Waals surface area (Å²) in [5.41, 5.74) is 0. The second-order valence-corrected chi connectivity index (χ2v) is 4.43. The number of hydrogen-bond acceptors (Lipinski definition) is 4. The molecule has 1 fully saturated rings. The summed E-state index contributed by atoms with van der Waals surface area (Å²) in [6.45, 7) is 6.43. The van der Waals surface area contributed by atoms with E-state index in [1.807, 2.05) is 0 Å². The zero-order valence-corrected chi connectivity index (χ0v) is 10.6. The highest BCUT2D eigenvalue weighted by molar-refractivity contribution is 7.79. The zero-order valence-electron chi connectivity index (χ0n) is 8.92. The van der Waals surface area contributed by atoms with Crippen molar-refractivity contribution in [3.05, 3.63) is 0 Å². The summed E-state index contributed by atoms with van der Waals surface area (Å²) in [6.07, 6.45) is 2.90. The first kappa shape index (κ1) is 17.3. The summed E-state index contributed by atoms with van der Waals surface area (Å²) < 4.78 is 40.7. The standard InChI is InChI=1S/C7H16N.H2O4S.OS/c1-3-8(2)6-4-5-7-8;1-5(2,3)4;1-2/h3-7H2,1-2H3;(H2,1,2,3,4);/q+1;;. The van der Waals surface area contributed by atoms with Crippen LogP contribution in [0.25, 0.3) is 0 Å². The Morgan fingerprint density at radius 3 is 1.60 bits per heavy atom. The minimum atomic E-state index is -4.67. The largest absolute Gasteiger partial charge is 0.394 e. The normalized spacial score (nSPS) is 18.1. The van der Waals surface area contributed by atoms with E-state index in [0.29, 0.717) is 0 Å². The van der Waals surface area contributed by atoms with Crippen molar-refractivity contribution in [2.45, 2.75) is 19.8 Å². The molecular formula is C7H18NO5S2+. The molecule has 1 aliphatic heterocycles. The second-order valence-electron chi connectivity index (χ2n) is 3.54. The maximum absolute atomic E-state index is 8.74. The van der Waals surface area contributed by atoms with Crippen LogP contribution in [0.2, 0.25) is 0 Å². The molecule has 0 radical (unpaired) electrons. The lowest BCUT2D eigenvalue weighted by Crippen LogP contribution is -2.40. The number of likely N-dealkylation sites (tertiary alicyclic amines) is 1. The van der Waals surface area contributed by atoms with Crippen LogP contribution >= 0.6 is 0 Å². The molecule has 1 saturated heterocycles. The molecule has 6 nitrogen and oxygen atoms in total. The van der Waals surface area contributed by atoms with Gasteiger partial charge in [-0.25, -0.2) is 0 Å². The number of rotatable bonds is 1. The fourth-order valence-corrected chi connectivity index (χ4v) is 1.42. The van der Waals surface area contributed by atoms with E-state index >= 15 is 0 Å². The third-order valence-electron chi connectivity index (χ3n) is 2.41. The van der Waals surface area contributed by atoms with Gasteiger partial charge in [-0.3, -0.25) is 9.11 Å². The topological polar surface area (TPSA) is 91.7 Å². The average Bonchev–Trinajstić information content (AvgIpc) is 2.54. The van der Waals surface area contributed by atoms with Crippen molar-refractivity contribution in [2.75, 3.05) is 26.7 Å². The quantitative estimate of drug-likeness (QED) is 0.519. The Bertz CT molecular complexity index is 240. The molecular weight excluding hydrogens is 242 g/mol. The molecule has 15 heavy (non-hydrogen) atoms. The second kappa shape index (κ2) is 8.05. The van der Waals surface area contributed by atoms with Crippen LogP contribution in [0.3, 0.4) is 0 Å². The molecule has 1 aliphatic rings. The Kier molecular flexibility index (Phi) is 9.26. The van der Waals surface area contributed by atoms with Gasteiger partial charge in [0.25, 0.3) is 0 Å². The van der Waals surface area contributed by atoms with Gasteiger partial charge < -0.3 is 4.48 Å². The van der Waals surface area contributed by atoms with Crippen molar-refractivity contribution in [2.24, 2.45) is 0 Å². The fraction of sp³-hybridized carbons (Fsp3) is 1.00. The number of hydrogen-bond donors (Lipinski definition) is 2. The number of quaternary nitrogens is 1. The highest BCUT2D eigenvalue weighted by Gasteiger charge is 2.23. The molecule has 0 bridgehead atoms. The van der Waals surface area contributed by atoms with E-state index in [9.17, 15) is 0 Å². The Balaban J connectivity index is 0. The van der Waals surface area contributed by atoms with Crippen molar-refractivity contribution in [1.82, 2.24) is 0 Å². The van der Waals surface area contributed by atoms with Gasteiger partial charge in [0, 0.05) is 12.8 Å². The van der Waals surface area contributed by atoms with Gasteiger partial charge in [-0.2, -0.15) is 12.6 Å².